The Morgan fingerprint density at radius 3 is 1.94 bits per heavy atom. The van der Waals surface area contributed by atoms with Crippen molar-refractivity contribution in [2.45, 2.75) is 33.1 Å². The molecule has 0 aromatic heterocycles. The van der Waals surface area contributed by atoms with Gasteiger partial charge in [0.05, 0.1) is 19.8 Å². The molecule has 0 aliphatic rings. The van der Waals surface area contributed by atoms with E-state index in [0.717, 1.165) is 11.3 Å². The van der Waals surface area contributed by atoms with E-state index in [1.165, 1.54) is 6.92 Å². The first-order chi connectivity index (χ1) is 7.81. The predicted octanol–water partition coefficient (Wildman–Crippen LogP) is 3.20. The quantitative estimate of drug-likeness (QED) is 0.756. The molecule has 0 spiro atoms. The van der Waals surface area contributed by atoms with Gasteiger partial charge in [-0.3, -0.25) is 4.79 Å². The molecule has 0 N–H and O–H groups in total. The third-order valence-electron chi connectivity index (χ3n) is 2.71. The summed E-state index contributed by atoms with van der Waals surface area (Å²) >= 11 is 0. The van der Waals surface area contributed by atoms with E-state index in [4.69, 9.17) is 9.47 Å². The lowest BCUT2D eigenvalue weighted by Gasteiger charge is -2.23. The van der Waals surface area contributed by atoms with Crippen molar-refractivity contribution in [1.29, 1.82) is 0 Å². The number of ether oxygens (including phenoxy) is 2. The Morgan fingerprint density at radius 2 is 1.59 bits per heavy atom. The number of carbonyl (C=O) groups excluding carboxylic acids is 1. The minimum atomic E-state index is -0.0815. The van der Waals surface area contributed by atoms with E-state index in [1.54, 1.807) is 20.3 Å². The van der Waals surface area contributed by atoms with E-state index in [2.05, 4.69) is 20.8 Å². The van der Waals surface area contributed by atoms with Crippen LogP contribution in [0.3, 0.4) is 0 Å². The zero-order valence-corrected chi connectivity index (χ0v) is 11.4. The first kappa shape index (κ1) is 13.6. The number of carbonyl (C=O) groups is 1. The van der Waals surface area contributed by atoms with Gasteiger partial charge in [0.15, 0.2) is 5.78 Å². The molecule has 0 heterocycles. The Balaban J connectivity index is 3.50. The van der Waals surface area contributed by atoms with Gasteiger partial charge in [0, 0.05) is 11.6 Å². The molecule has 0 fully saturated rings. The van der Waals surface area contributed by atoms with Crippen LogP contribution in [0.2, 0.25) is 0 Å². The standard InChI is InChI=1S/C14H20O3/c1-9(15)10-7-11(14(2,3)4)13(17-6)8-12(10)16-5/h7-8H,1-6H3. The van der Waals surface area contributed by atoms with Crippen LogP contribution in [0.25, 0.3) is 0 Å². The minimum Gasteiger partial charge on any atom is -0.496 e. The molecular weight excluding hydrogens is 216 g/mol. The topological polar surface area (TPSA) is 35.5 Å². The molecule has 0 aliphatic carbocycles. The third kappa shape index (κ3) is 2.78. The highest BCUT2D eigenvalue weighted by Crippen LogP contribution is 2.36. The molecule has 0 atom stereocenters. The maximum atomic E-state index is 11.6. The molecule has 0 saturated carbocycles. The van der Waals surface area contributed by atoms with E-state index < -0.39 is 0 Å². The summed E-state index contributed by atoms with van der Waals surface area (Å²) in [5.41, 5.74) is 1.52. The van der Waals surface area contributed by atoms with E-state index >= 15 is 0 Å². The largest absolute Gasteiger partial charge is 0.496 e. The fourth-order valence-corrected chi connectivity index (χ4v) is 1.76. The van der Waals surface area contributed by atoms with Crippen molar-refractivity contribution < 1.29 is 14.3 Å². The Morgan fingerprint density at radius 1 is 1.06 bits per heavy atom. The van der Waals surface area contributed by atoms with Crippen LogP contribution in [-0.4, -0.2) is 20.0 Å². The van der Waals surface area contributed by atoms with Crippen molar-refractivity contribution in [1.82, 2.24) is 0 Å². The number of hydrogen-bond donors (Lipinski definition) is 0. The number of rotatable bonds is 3. The molecule has 3 nitrogen and oxygen atoms in total. The second-order valence-corrected chi connectivity index (χ2v) is 5.06. The van der Waals surface area contributed by atoms with Crippen molar-refractivity contribution in [2.75, 3.05) is 14.2 Å². The van der Waals surface area contributed by atoms with Crippen molar-refractivity contribution >= 4 is 5.78 Å². The van der Waals surface area contributed by atoms with Gasteiger partial charge < -0.3 is 9.47 Å². The zero-order valence-electron chi connectivity index (χ0n) is 11.4. The average Bonchev–Trinajstić information content (AvgIpc) is 2.25. The fraction of sp³-hybridized carbons (Fsp3) is 0.500. The van der Waals surface area contributed by atoms with Gasteiger partial charge in [-0.2, -0.15) is 0 Å². The Kier molecular flexibility index (Phi) is 3.81. The lowest BCUT2D eigenvalue weighted by molar-refractivity contribution is 0.101. The maximum absolute atomic E-state index is 11.6. The highest BCUT2D eigenvalue weighted by molar-refractivity contribution is 5.97. The Bertz CT molecular complexity index is 428. The summed E-state index contributed by atoms with van der Waals surface area (Å²) in [6, 6.07) is 3.64. The number of Topliss-reactive ketones (excluding diaryl/α,β-unsaturated/α-hetero) is 1. The van der Waals surface area contributed by atoms with Crippen LogP contribution in [-0.2, 0) is 5.41 Å². The summed E-state index contributed by atoms with van der Waals surface area (Å²) in [6.45, 7) is 7.79. The monoisotopic (exact) mass is 236 g/mol. The predicted molar refractivity (Wildman–Crippen MR) is 68.3 cm³/mol. The highest BCUT2D eigenvalue weighted by atomic mass is 16.5. The van der Waals surface area contributed by atoms with Crippen LogP contribution in [0.5, 0.6) is 11.5 Å². The molecule has 0 unspecified atom stereocenters. The molecule has 0 bridgehead atoms. The summed E-state index contributed by atoms with van der Waals surface area (Å²) in [5, 5.41) is 0. The van der Waals surface area contributed by atoms with Gasteiger partial charge in [-0.05, 0) is 18.4 Å². The second kappa shape index (κ2) is 4.78. The van der Waals surface area contributed by atoms with E-state index in [-0.39, 0.29) is 11.2 Å². The lowest BCUT2D eigenvalue weighted by Crippen LogP contribution is -2.14. The highest BCUT2D eigenvalue weighted by Gasteiger charge is 2.22. The van der Waals surface area contributed by atoms with Gasteiger partial charge in [-0.1, -0.05) is 20.8 Å². The SMILES string of the molecule is COc1cc(OC)c(C(C)(C)C)cc1C(C)=O. The summed E-state index contributed by atoms with van der Waals surface area (Å²) < 4.78 is 10.6. The van der Waals surface area contributed by atoms with Crippen LogP contribution in [0.4, 0.5) is 0 Å². The summed E-state index contributed by atoms with van der Waals surface area (Å²) in [6.07, 6.45) is 0. The normalized spacial score (nSPS) is 11.2. The van der Waals surface area contributed by atoms with Crippen LogP contribution >= 0.6 is 0 Å². The minimum absolute atomic E-state index is 0.00463. The molecule has 0 aliphatic heterocycles. The fourth-order valence-electron chi connectivity index (χ4n) is 1.76. The second-order valence-electron chi connectivity index (χ2n) is 5.06. The van der Waals surface area contributed by atoms with E-state index in [0.29, 0.717) is 11.3 Å². The van der Waals surface area contributed by atoms with Gasteiger partial charge in [-0.15, -0.1) is 0 Å². The molecule has 1 aromatic carbocycles. The van der Waals surface area contributed by atoms with Gasteiger partial charge in [0.25, 0.3) is 0 Å². The van der Waals surface area contributed by atoms with Crippen LogP contribution < -0.4 is 9.47 Å². The third-order valence-corrected chi connectivity index (χ3v) is 2.71. The van der Waals surface area contributed by atoms with Crippen LogP contribution in [0, 0.1) is 0 Å². The number of ketones is 1. The summed E-state index contributed by atoms with van der Waals surface area (Å²) in [5.74, 6) is 1.30. The molecule has 1 aromatic rings. The van der Waals surface area contributed by atoms with E-state index in [9.17, 15) is 4.79 Å². The van der Waals surface area contributed by atoms with Crippen molar-refractivity contribution in [2.24, 2.45) is 0 Å². The van der Waals surface area contributed by atoms with Crippen molar-refractivity contribution in [3.05, 3.63) is 23.3 Å². The Labute approximate surface area is 103 Å². The number of benzene rings is 1. The first-order valence-electron chi connectivity index (χ1n) is 5.58. The molecule has 0 saturated heterocycles. The maximum Gasteiger partial charge on any atom is 0.163 e. The molecular formula is C14H20O3. The zero-order chi connectivity index (χ0) is 13.2. The molecule has 0 radical (unpaired) electrons. The van der Waals surface area contributed by atoms with Crippen molar-refractivity contribution in [3.63, 3.8) is 0 Å². The first-order valence-corrected chi connectivity index (χ1v) is 5.58. The van der Waals surface area contributed by atoms with Gasteiger partial charge in [0.2, 0.25) is 0 Å². The van der Waals surface area contributed by atoms with Gasteiger partial charge in [0.1, 0.15) is 11.5 Å². The lowest BCUT2D eigenvalue weighted by atomic mass is 9.84. The number of hydrogen-bond acceptors (Lipinski definition) is 3. The smallest absolute Gasteiger partial charge is 0.163 e. The van der Waals surface area contributed by atoms with Gasteiger partial charge >= 0.3 is 0 Å². The average molecular weight is 236 g/mol. The van der Waals surface area contributed by atoms with Crippen LogP contribution in [0.1, 0.15) is 43.6 Å². The molecule has 1 rings (SSSR count). The Hall–Kier alpha value is -1.51. The summed E-state index contributed by atoms with van der Waals surface area (Å²) in [7, 11) is 3.18. The molecule has 0 amide bonds. The van der Waals surface area contributed by atoms with E-state index in [1.807, 2.05) is 6.07 Å². The van der Waals surface area contributed by atoms with Gasteiger partial charge in [-0.25, -0.2) is 0 Å². The van der Waals surface area contributed by atoms with Crippen molar-refractivity contribution in [3.8, 4) is 11.5 Å². The molecule has 3 heteroatoms. The molecule has 17 heavy (non-hydrogen) atoms. The number of methoxy groups -OCH3 is 2. The summed E-state index contributed by atoms with van der Waals surface area (Å²) in [4.78, 5) is 11.6. The molecule has 94 valence electrons. The van der Waals surface area contributed by atoms with Crippen LogP contribution in [0.15, 0.2) is 12.1 Å².